The Morgan fingerprint density at radius 1 is 1.29 bits per heavy atom. The Hall–Kier alpha value is -2.04. The molecule has 1 aliphatic rings. The van der Waals surface area contributed by atoms with Gasteiger partial charge in [-0.3, -0.25) is 4.57 Å². The molecule has 1 saturated heterocycles. The van der Waals surface area contributed by atoms with Crippen LogP contribution in [0.1, 0.15) is 29.6 Å². The van der Waals surface area contributed by atoms with Crippen LogP contribution in [0.5, 0.6) is 0 Å². The molecule has 0 saturated carbocycles. The number of likely N-dealkylation sites (tertiary alicyclic amines) is 1. The number of aromatic carboxylic acids is 1. The van der Waals surface area contributed by atoms with Crippen molar-refractivity contribution in [2.45, 2.75) is 51.7 Å². The topological polar surface area (TPSA) is 79.6 Å². The standard InChI is InChI=1S/C21H32F2N4O3Si/c1-31(2,3)12-11-30-14-27-19-15(20(28)29)13-16(22)17(23)18(19)25-21(27)24-7-6-10-26-8-4-5-9-26/h13H,4-12,14H2,1-3H3,(H,24,25)(H,28,29). The quantitative estimate of drug-likeness (QED) is 0.391. The molecule has 1 fully saturated rings. The van der Waals surface area contributed by atoms with E-state index in [-0.39, 0.29) is 29.3 Å². The summed E-state index contributed by atoms with van der Waals surface area (Å²) < 4.78 is 35.7. The number of ether oxygens (including phenoxy) is 1. The van der Waals surface area contributed by atoms with Gasteiger partial charge in [-0.2, -0.15) is 0 Å². The van der Waals surface area contributed by atoms with Gasteiger partial charge in [0.15, 0.2) is 11.6 Å². The van der Waals surface area contributed by atoms with Crippen molar-refractivity contribution in [2.75, 3.05) is 38.1 Å². The smallest absolute Gasteiger partial charge is 0.338 e. The molecule has 0 amide bonds. The average Bonchev–Trinajstić information content (AvgIpc) is 3.32. The third-order valence-electron chi connectivity index (χ3n) is 5.49. The maximum Gasteiger partial charge on any atom is 0.338 e. The number of fused-ring (bicyclic) bond motifs is 1. The van der Waals surface area contributed by atoms with E-state index in [0.29, 0.717) is 19.2 Å². The Kier molecular flexibility index (Phi) is 7.66. The lowest BCUT2D eigenvalue weighted by Crippen LogP contribution is -2.23. The van der Waals surface area contributed by atoms with E-state index in [9.17, 15) is 18.7 Å². The van der Waals surface area contributed by atoms with E-state index in [2.05, 4.69) is 34.8 Å². The first-order chi connectivity index (χ1) is 14.7. The summed E-state index contributed by atoms with van der Waals surface area (Å²) in [5.41, 5.74) is -0.602. The van der Waals surface area contributed by atoms with E-state index in [0.717, 1.165) is 32.1 Å². The van der Waals surface area contributed by atoms with Crippen LogP contribution in [0.15, 0.2) is 6.07 Å². The van der Waals surface area contributed by atoms with Crippen molar-refractivity contribution in [1.82, 2.24) is 14.5 Å². The Morgan fingerprint density at radius 3 is 2.65 bits per heavy atom. The molecule has 0 spiro atoms. The fourth-order valence-electron chi connectivity index (χ4n) is 3.72. The number of carboxylic acid groups (broad SMARTS) is 1. The Bertz CT molecular complexity index is 924. The summed E-state index contributed by atoms with van der Waals surface area (Å²) in [7, 11) is -1.30. The molecule has 2 N–H and O–H groups in total. The van der Waals surface area contributed by atoms with Gasteiger partial charge in [-0.15, -0.1) is 0 Å². The van der Waals surface area contributed by atoms with Gasteiger partial charge in [-0.05, 0) is 51.0 Å². The van der Waals surface area contributed by atoms with Crippen molar-refractivity contribution in [2.24, 2.45) is 0 Å². The highest BCUT2D eigenvalue weighted by Crippen LogP contribution is 2.28. The molecule has 2 aromatic rings. The predicted octanol–water partition coefficient (Wildman–Crippen LogP) is 4.22. The Balaban J connectivity index is 1.82. The highest BCUT2D eigenvalue weighted by atomic mass is 28.3. The molecule has 0 unspecified atom stereocenters. The van der Waals surface area contributed by atoms with Gasteiger partial charge in [-0.1, -0.05) is 19.6 Å². The summed E-state index contributed by atoms with van der Waals surface area (Å²) in [6, 6.07) is 1.64. The molecule has 2 heterocycles. The largest absolute Gasteiger partial charge is 0.478 e. The van der Waals surface area contributed by atoms with Gasteiger partial charge in [-0.25, -0.2) is 18.6 Å². The van der Waals surface area contributed by atoms with Gasteiger partial charge >= 0.3 is 5.97 Å². The average molecular weight is 455 g/mol. The Morgan fingerprint density at radius 2 is 2.00 bits per heavy atom. The lowest BCUT2D eigenvalue weighted by molar-refractivity contribution is 0.0696. The predicted molar refractivity (Wildman–Crippen MR) is 119 cm³/mol. The number of imidazole rings is 1. The molecule has 1 aromatic heterocycles. The second kappa shape index (κ2) is 10.1. The SMILES string of the molecule is C[Si](C)(C)CCOCn1c(NCCCN2CCCC2)nc2c(F)c(F)cc(C(=O)O)c21. The summed E-state index contributed by atoms with van der Waals surface area (Å²) in [5.74, 6) is -3.43. The highest BCUT2D eigenvalue weighted by Gasteiger charge is 2.24. The maximum absolute atomic E-state index is 14.5. The molecular formula is C21H32F2N4O3Si. The monoisotopic (exact) mass is 454 g/mol. The second-order valence-electron chi connectivity index (χ2n) is 9.26. The molecular weight excluding hydrogens is 422 g/mol. The molecule has 10 heteroatoms. The van der Waals surface area contributed by atoms with Crippen LogP contribution >= 0.6 is 0 Å². The normalized spacial score (nSPS) is 15.1. The number of anilines is 1. The van der Waals surface area contributed by atoms with Crippen LogP contribution in [0, 0.1) is 11.6 Å². The number of benzene rings is 1. The number of aromatic nitrogens is 2. The van der Waals surface area contributed by atoms with E-state index in [4.69, 9.17) is 4.74 Å². The van der Waals surface area contributed by atoms with Crippen LogP contribution in [0.4, 0.5) is 14.7 Å². The number of halogens is 2. The van der Waals surface area contributed by atoms with Gasteiger partial charge < -0.3 is 20.1 Å². The zero-order valence-electron chi connectivity index (χ0n) is 18.5. The number of hydrogen-bond donors (Lipinski definition) is 2. The Labute approximate surface area is 182 Å². The molecule has 1 aromatic carbocycles. The van der Waals surface area contributed by atoms with E-state index in [1.165, 1.54) is 17.4 Å². The molecule has 1 aliphatic heterocycles. The highest BCUT2D eigenvalue weighted by molar-refractivity contribution is 6.76. The van der Waals surface area contributed by atoms with Gasteiger partial charge in [0.2, 0.25) is 5.95 Å². The molecule has 0 aliphatic carbocycles. The van der Waals surface area contributed by atoms with Gasteiger partial charge in [0.05, 0.1) is 11.1 Å². The first kappa shape index (κ1) is 23.6. The third kappa shape index (κ3) is 6.02. The number of rotatable bonds is 11. The minimum absolute atomic E-state index is 0.0147. The summed E-state index contributed by atoms with van der Waals surface area (Å²) in [6.07, 6.45) is 3.31. The summed E-state index contributed by atoms with van der Waals surface area (Å²) >= 11 is 0. The maximum atomic E-state index is 14.5. The van der Waals surface area contributed by atoms with Crippen molar-refractivity contribution < 1.29 is 23.4 Å². The first-order valence-corrected chi connectivity index (χ1v) is 14.5. The number of nitrogens with one attached hydrogen (secondary N) is 1. The van der Waals surface area contributed by atoms with Gasteiger partial charge in [0.25, 0.3) is 0 Å². The zero-order chi connectivity index (χ0) is 22.6. The van der Waals surface area contributed by atoms with Crippen molar-refractivity contribution in [3.05, 3.63) is 23.3 Å². The minimum Gasteiger partial charge on any atom is -0.478 e. The lowest BCUT2D eigenvalue weighted by Gasteiger charge is -2.17. The summed E-state index contributed by atoms with van der Waals surface area (Å²) in [4.78, 5) is 18.3. The fourth-order valence-corrected chi connectivity index (χ4v) is 4.47. The number of carboxylic acids is 1. The van der Waals surface area contributed by atoms with E-state index in [1.807, 2.05) is 0 Å². The van der Waals surface area contributed by atoms with E-state index in [1.54, 1.807) is 0 Å². The van der Waals surface area contributed by atoms with Crippen LogP contribution in [-0.4, -0.2) is 66.4 Å². The van der Waals surface area contributed by atoms with Crippen LogP contribution < -0.4 is 5.32 Å². The lowest BCUT2D eigenvalue weighted by atomic mass is 10.1. The number of hydrogen-bond acceptors (Lipinski definition) is 5. The molecule has 3 rings (SSSR count). The molecule has 0 atom stereocenters. The molecule has 31 heavy (non-hydrogen) atoms. The number of carbonyl (C=O) groups is 1. The second-order valence-corrected chi connectivity index (χ2v) is 14.9. The van der Waals surface area contributed by atoms with Crippen molar-refractivity contribution in [3.63, 3.8) is 0 Å². The summed E-state index contributed by atoms with van der Waals surface area (Å²) in [5, 5.41) is 12.7. The summed E-state index contributed by atoms with van der Waals surface area (Å²) in [6.45, 7) is 11.0. The van der Waals surface area contributed by atoms with E-state index >= 15 is 0 Å². The van der Waals surface area contributed by atoms with Crippen molar-refractivity contribution in [3.8, 4) is 0 Å². The fraction of sp³-hybridized carbons (Fsp3) is 0.619. The van der Waals surface area contributed by atoms with Crippen molar-refractivity contribution >= 4 is 31.0 Å². The third-order valence-corrected chi connectivity index (χ3v) is 7.20. The van der Waals surface area contributed by atoms with Gasteiger partial charge in [0.1, 0.15) is 12.2 Å². The first-order valence-electron chi connectivity index (χ1n) is 10.8. The van der Waals surface area contributed by atoms with Gasteiger partial charge in [0, 0.05) is 21.2 Å². The van der Waals surface area contributed by atoms with Crippen molar-refractivity contribution in [1.29, 1.82) is 0 Å². The zero-order valence-corrected chi connectivity index (χ0v) is 19.5. The van der Waals surface area contributed by atoms with Crippen LogP contribution in [0.25, 0.3) is 11.0 Å². The minimum atomic E-state index is -1.34. The number of nitrogens with zero attached hydrogens (tertiary/aromatic N) is 3. The van der Waals surface area contributed by atoms with Crippen LogP contribution in [-0.2, 0) is 11.5 Å². The van der Waals surface area contributed by atoms with Crippen LogP contribution in [0.3, 0.4) is 0 Å². The molecule has 172 valence electrons. The van der Waals surface area contributed by atoms with E-state index < -0.39 is 25.7 Å². The molecule has 0 bridgehead atoms. The van der Waals surface area contributed by atoms with Crippen LogP contribution in [0.2, 0.25) is 25.7 Å². The molecule has 0 radical (unpaired) electrons. The molecule has 7 nitrogen and oxygen atoms in total.